The van der Waals surface area contributed by atoms with Gasteiger partial charge in [0.05, 0.1) is 15.8 Å². The normalized spacial score (nSPS) is 20.2. The lowest BCUT2D eigenvalue weighted by Crippen LogP contribution is -2.04. The lowest BCUT2D eigenvalue weighted by molar-refractivity contribution is -0.110. The Kier molecular flexibility index (Phi) is 6.47. The lowest BCUT2D eigenvalue weighted by Gasteiger charge is -2.17. The Hall–Kier alpha value is -1.84. The van der Waals surface area contributed by atoms with Gasteiger partial charge in [-0.1, -0.05) is 42.3 Å². The number of rotatable bonds is 5. The fourth-order valence-corrected chi connectivity index (χ4v) is 4.29. The summed E-state index contributed by atoms with van der Waals surface area (Å²) < 4.78 is 14.6. The molecule has 1 aliphatic rings. The molecule has 0 heterocycles. The number of aliphatic hydroxyl groups excluding tert-OH is 1. The topological polar surface area (TPSA) is 37.3 Å². The first kappa shape index (κ1) is 20.9. The van der Waals surface area contributed by atoms with Crippen molar-refractivity contribution in [2.24, 2.45) is 11.8 Å². The van der Waals surface area contributed by atoms with Gasteiger partial charge in [0.1, 0.15) is 6.29 Å². The van der Waals surface area contributed by atoms with Crippen LogP contribution < -0.4 is 0 Å². The molecule has 1 fully saturated rings. The van der Waals surface area contributed by atoms with E-state index < -0.39 is 5.82 Å². The zero-order valence-corrected chi connectivity index (χ0v) is 17.4. The molecule has 0 amide bonds. The Morgan fingerprint density at radius 2 is 2.00 bits per heavy atom. The second-order valence-electron chi connectivity index (χ2n) is 7.36. The second-order valence-corrected chi connectivity index (χ2v) is 8.15. The minimum Gasteiger partial charge on any atom is -0.512 e. The van der Waals surface area contributed by atoms with Gasteiger partial charge in [-0.05, 0) is 73.1 Å². The Balaban J connectivity index is 2.06. The van der Waals surface area contributed by atoms with Crippen LogP contribution in [0, 0.1) is 17.7 Å². The minimum atomic E-state index is -0.556. The Morgan fingerprint density at radius 3 is 2.64 bits per heavy atom. The molecular weight excluding hydrogens is 398 g/mol. The summed E-state index contributed by atoms with van der Waals surface area (Å²) in [4.78, 5) is 11.0. The maximum Gasteiger partial charge on any atom is 0.151 e. The summed E-state index contributed by atoms with van der Waals surface area (Å²) in [6.07, 6.45) is 4.05. The highest BCUT2D eigenvalue weighted by Crippen LogP contribution is 2.39. The fourth-order valence-electron chi connectivity index (χ4n) is 3.98. The van der Waals surface area contributed by atoms with Gasteiger partial charge < -0.3 is 9.90 Å². The summed E-state index contributed by atoms with van der Waals surface area (Å²) in [6, 6.07) is 8.88. The fraction of sp³-hybridized carbons (Fsp3) is 0.348. The van der Waals surface area contributed by atoms with Crippen molar-refractivity contribution in [3.05, 3.63) is 63.1 Å². The van der Waals surface area contributed by atoms with Crippen LogP contribution in [-0.4, -0.2) is 11.4 Å². The molecular formula is C23H23Cl2FO2. The van der Waals surface area contributed by atoms with Gasteiger partial charge in [-0.25, -0.2) is 4.39 Å². The number of aryl methyl sites for hydroxylation is 1. The van der Waals surface area contributed by atoms with Gasteiger partial charge in [0, 0.05) is 17.4 Å². The zero-order valence-electron chi connectivity index (χ0n) is 15.9. The van der Waals surface area contributed by atoms with Crippen LogP contribution in [0.5, 0.6) is 0 Å². The zero-order chi connectivity index (χ0) is 20.4. The van der Waals surface area contributed by atoms with Crippen molar-refractivity contribution >= 4 is 35.1 Å². The van der Waals surface area contributed by atoms with Gasteiger partial charge in [-0.2, -0.15) is 0 Å². The van der Waals surface area contributed by atoms with Crippen molar-refractivity contribution in [3.63, 3.8) is 0 Å². The molecule has 2 atom stereocenters. The van der Waals surface area contributed by atoms with E-state index in [1.165, 1.54) is 0 Å². The molecule has 0 aromatic heterocycles. The third-order valence-electron chi connectivity index (χ3n) is 5.68. The molecule has 0 unspecified atom stereocenters. The third-order valence-corrected chi connectivity index (χ3v) is 6.46. The Morgan fingerprint density at radius 1 is 1.25 bits per heavy atom. The maximum atomic E-state index is 14.6. The molecule has 2 nitrogen and oxygen atoms in total. The van der Waals surface area contributed by atoms with E-state index in [1.54, 1.807) is 12.1 Å². The number of carbonyl (C=O) groups is 1. The second kappa shape index (κ2) is 8.67. The third kappa shape index (κ3) is 3.97. The summed E-state index contributed by atoms with van der Waals surface area (Å²) in [5, 5.41) is 10.9. The van der Waals surface area contributed by atoms with Crippen LogP contribution in [-0.2, 0) is 11.2 Å². The van der Waals surface area contributed by atoms with Crippen molar-refractivity contribution in [2.75, 3.05) is 0 Å². The number of aldehydes is 1. The van der Waals surface area contributed by atoms with Gasteiger partial charge in [0.15, 0.2) is 5.82 Å². The summed E-state index contributed by atoms with van der Waals surface area (Å²) in [7, 11) is 0. The van der Waals surface area contributed by atoms with E-state index in [2.05, 4.69) is 0 Å². The van der Waals surface area contributed by atoms with E-state index in [4.69, 9.17) is 23.2 Å². The number of halogens is 3. The molecule has 28 heavy (non-hydrogen) atoms. The van der Waals surface area contributed by atoms with Crippen molar-refractivity contribution < 1.29 is 14.3 Å². The van der Waals surface area contributed by atoms with E-state index in [1.807, 2.05) is 32.0 Å². The van der Waals surface area contributed by atoms with Crippen LogP contribution in [0.2, 0.25) is 10.0 Å². The standard InChI is InChI=1S/C23H23Cl2FO2/c1-3-15-6-7-16(18-8-9-20(24)21(25)22(18)26)11-19(15)13(2)23(28)17-5-4-14(10-17)12-27/h6-9,11-12,14,17,28H,3-5,10H2,1-2H3/b23-13-/t14-,17+/m1/s1. The number of hydrogen-bond acceptors (Lipinski definition) is 2. The molecule has 2 aromatic rings. The average molecular weight is 421 g/mol. The Bertz CT molecular complexity index is 936. The molecule has 0 spiro atoms. The largest absolute Gasteiger partial charge is 0.512 e. The highest BCUT2D eigenvalue weighted by atomic mass is 35.5. The van der Waals surface area contributed by atoms with E-state index in [9.17, 15) is 14.3 Å². The van der Waals surface area contributed by atoms with Crippen LogP contribution in [0.25, 0.3) is 16.7 Å². The average Bonchev–Trinajstić information content (AvgIpc) is 3.20. The smallest absolute Gasteiger partial charge is 0.151 e. The summed E-state index contributed by atoms with van der Waals surface area (Å²) in [5.41, 5.74) is 3.77. The summed E-state index contributed by atoms with van der Waals surface area (Å²) in [5.74, 6) is -0.224. The molecule has 0 aliphatic heterocycles. The molecule has 1 N–H and O–H groups in total. The highest BCUT2D eigenvalue weighted by Gasteiger charge is 2.28. The van der Waals surface area contributed by atoms with Gasteiger partial charge in [0.25, 0.3) is 0 Å². The van der Waals surface area contributed by atoms with Gasteiger partial charge in [0.2, 0.25) is 0 Å². The first-order valence-corrected chi connectivity index (χ1v) is 10.2. The molecule has 1 aliphatic carbocycles. The van der Waals surface area contributed by atoms with Gasteiger partial charge in [-0.3, -0.25) is 0 Å². The van der Waals surface area contributed by atoms with E-state index in [0.29, 0.717) is 23.3 Å². The molecule has 148 valence electrons. The molecule has 0 radical (unpaired) electrons. The number of benzene rings is 2. The molecule has 1 saturated carbocycles. The minimum absolute atomic E-state index is 0.00900. The van der Waals surface area contributed by atoms with Crippen molar-refractivity contribution in [1.82, 2.24) is 0 Å². The van der Waals surface area contributed by atoms with E-state index >= 15 is 0 Å². The highest BCUT2D eigenvalue weighted by molar-refractivity contribution is 6.42. The quantitative estimate of drug-likeness (QED) is 0.313. The predicted molar refractivity (Wildman–Crippen MR) is 113 cm³/mol. The van der Waals surface area contributed by atoms with E-state index in [0.717, 1.165) is 42.2 Å². The van der Waals surface area contributed by atoms with Crippen molar-refractivity contribution in [3.8, 4) is 11.1 Å². The van der Waals surface area contributed by atoms with Crippen LogP contribution in [0.1, 0.15) is 44.2 Å². The number of allylic oxidation sites excluding steroid dienone is 2. The summed E-state index contributed by atoms with van der Waals surface area (Å²) in [6.45, 7) is 3.92. The maximum absolute atomic E-state index is 14.6. The number of aliphatic hydroxyl groups is 1. The van der Waals surface area contributed by atoms with Crippen LogP contribution in [0.4, 0.5) is 4.39 Å². The first-order chi connectivity index (χ1) is 13.4. The molecule has 2 aromatic carbocycles. The van der Waals surface area contributed by atoms with E-state index in [-0.39, 0.29) is 21.9 Å². The van der Waals surface area contributed by atoms with Crippen LogP contribution in [0.15, 0.2) is 36.1 Å². The lowest BCUT2D eigenvalue weighted by atomic mass is 9.90. The summed E-state index contributed by atoms with van der Waals surface area (Å²) >= 11 is 11.9. The molecule has 0 saturated heterocycles. The van der Waals surface area contributed by atoms with Crippen LogP contribution in [0.3, 0.4) is 0 Å². The molecule has 3 rings (SSSR count). The Labute approximate surface area is 175 Å². The molecule has 5 heteroatoms. The van der Waals surface area contributed by atoms with Gasteiger partial charge in [-0.15, -0.1) is 0 Å². The predicted octanol–water partition coefficient (Wildman–Crippen LogP) is 7.27. The van der Waals surface area contributed by atoms with Crippen molar-refractivity contribution in [2.45, 2.75) is 39.5 Å². The van der Waals surface area contributed by atoms with Crippen molar-refractivity contribution in [1.29, 1.82) is 0 Å². The number of hydrogen-bond donors (Lipinski definition) is 1. The van der Waals surface area contributed by atoms with Crippen LogP contribution >= 0.6 is 23.2 Å². The monoisotopic (exact) mass is 420 g/mol. The molecule has 0 bridgehead atoms. The SMILES string of the molecule is CCc1ccc(-c2ccc(Cl)c(Cl)c2F)cc1/C(C)=C(\O)[C@H]1CC[C@@H](C=O)C1. The number of carbonyl (C=O) groups excluding carboxylic acids is 1. The van der Waals surface area contributed by atoms with Gasteiger partial charge >= 0.3 is 0 Å². The first-order valence-electron chi connectivity index (χ1n) is 9.49.